The van der Waals surface area contributed by atoms with Gasteiger partial charge in [-0.3, -0.25) is 9.59 Å². The average molecular weight is 354 g/mol. The highest BCUT2D eigenvalue weighted by molar-refractivity contribution is 5.94. The van der Waals surface area contributed by atoms with Crippen LogP contribution in [0.4, 0.5) is 0 Å². The van der Waals surface area contributed by atoms with Crippen molar-refractivity contribution in [1.82, 2.24) is 10.2 Å². The van der Waals surface area contributed by atoms with Gasteiger partial charge in [0.15, 0.2) is 0 Å². The average Bonchev–Trinajstić information content (AvgIpc) is 2.66. The summed E-state index contributed by atoms with van der Waals surface area (Å²) < 4.78 is 5.60. The second-order valence-electron chi connectivity index (χ2n) is 6.31. The van der Waals surface area contributed by atoms with Crippen molar-refractivity contribution >= 4 is 11.8 Å². The van der Waals surface area contributed by atoms with E-state index in [0.717, 1.165) is 24.2 Å². The van der Waals surface area contributed by atoms with Gasteiger partial charge in [0.1, 0.15) is 5.75 Å². The zero-order chi connectivity index (χ0) is 18.9. The minimum Gasteiger partial charge on any atom is -0.494 e. The summed E-state index contributed by atoms with van der Waals surface area (Å²) in [6.07, 6.45) is 2.10. The second kappa shape index (κ2) is 9.61. The van der Waals surface area contributed by atoms with E-state index < -0.39 is 0 Å². The number of nitrogens with zero attached hydrogens (tertiary/aromatic N) is 1. The number of nitrogens with one attached hydrogen (secondary N) is 1. The molecular formula is C21H26N2O3. The first-order chi connectivity index (χ1) is 12.5. The number of ether oxygens (including phenoxy) is 1. The molecular weight excluding hydrogens is 328 g/mol. The first kappa shape index (κ1) is 19.5. The maximum atomic E-state index is 12.2. The molecule has 0 aliphatic carbocycles. The molecule has 138 valence electrons. The van der Waals surface area contributed by atoms with Gasteiger partial charge in [0.2, 0.25) is 0 Å². The Balaban J connectivity index is 1.87. The maximum Gasteiger partial charge on any atom is 0.253 e. The van der Waals surface area contributed by atoms with E-state index in [1.54, 1.807) is 38.4 Å². The Labute approximate surface area is 155 Å². The van der Waals surface area contributed by atoms with Crippen molar-refractivity contribution in [3.05, 3.63) is 65.2 Å². The molecule has 0 aliphatic rings. The molecule has 5 nitrogen and oxygen atoms in total. The highest BCUT2D eigenvalue weighted by Gasteiger charge is 2.08. The smallest absolute Gasteiger partial charge is 0.253 e. The predicted molar refractivity (Wildman–Crippen MR) is 102 cm³/mol. The van der Waals surface area contributed by atoms with Crippen LogP contribution >= 0.6 is 0 Å². The van der Waals surface area contributed by atoms with Crippen molar-refractivity contribution < 1.29 is 14.3 Å². The van der Waals surface area contributed by atoms with Gasteiger partial charge in [0.05, 0.1) is 6.61 Å². The molecule has 0 radical (unpaired) electrons. The van der Waals surface area contributed by atoms with Crippen LogP contribution in [-0.4, -0.2) is 37.4 Å². The quantitative estimate of drug-likeness (QED) is 0.738. The molecule has 0 heterocycles. The normalized spacial score (nSPS) is 10.3. The molecule has 0 saturated carbocycles. The maximum absolute atomic E-state index is 12.2. The van der Waals surface area contributed by atoms with Gasteiger partial charge in [0, 0.05) is 31.8 Å². The minimum atomic E-state index is -0.140. The van der Waals surface area contributed by atoms with E-state index in [0.29, 0.717) is 24.3 Å². The van der Waals surface area contributed by atoms with Crippen molar-refractivity contribution in [2.24, 2.45) is 0 Å². The van der Waals surface area contributed by atoms with Gasteiger partial charge in [-0.2, -0.15) is 0 Å². The van der Waals surface area contributed by atoms with Crippen LogP contribution in [0.1, 0.15) is 46.0 Å². The van der Waals surface area contributed by atoms with Crippen LogP contribution in [0.25, 0.3) is 0 Å². The summed E-state index contributed by atoms with van der Waals surface area (Å²) >= 11 is 0. The fourth-order valence-electron chi connectivity index (χ4n) is 2.34. The standard InChI is InChI=1S/C21H26N2O3/c1-4-5-14-26-19-12-10-17(11-13-19)20(24)22-15-16-6-8-18(9-7-16)21(25)23(2)3/h6-13H,4-5,14-15H2,1-3H3,(H,22,24). The first-order valence-corrected chi connectivity index (χ1v) is 8.83. The Morgan fingerprint density at radius 2 is 1.58 bits per heavy atom. The van der Waals surface area contributed by atoms with Crippen molar-refractivity contribution in [1.29, 1.82) is 0 Å². The number of hydrogen-bond acceptors (Lipinski definition) is 3. The Kier molecular flexibility index (Phi) is 7.21. The summed E-state index contributed by atoms with van der Waals surface area (Å²) in [5.74, 6) is 0.594. The topological polar surface area (TPSA) is 58.6 Å². The third-order valence-corrected chi connectivity index (χ3v) is 3.94. The van der Waals surface area contributed by atoms with Gasteiger partial charge in [-0.05, 0) is 48.4 Å². The lowest BCUT2D eigenvalue weighted by Crippen LogP contribution is -2.23. The lowest BCUT2D eigenvalue weighted by Gasteiger charge is -2.11. The largest absolute Gasteiger partial charge is 0.494 e. The molecule has 5 heteroatoms. The molecule has 26 heavy (non-hydrogen) atoms. The highest BCUT2D eigenvalue weighted by Crippen LogP contribution is 2.13. The Morgan fingerprint density at radius 3 is 2.15 bits per heavy atom. The lowest BCUT2D eigenvalue weighted by molar-refractivity contribution is 0.0827. The molecule has 0 bridgehead atoms. The van der Waals surface area contributed by atoms with Crippen LogP contribution in [0.5, 0.6) is 5.75 Å². The molecule has 2 aromatic carbocycles. The summed E-state index contributed by atoms with van der Waals surface area (Å²) in [7, 11) is 3.44. The van der Waals surface area contributed by atoms with Gasteiger partial charge in [-0.15, -0.1) is 0 Å². The number of carbonyl (C=O) groups excluding carboxylic acids is 2. The zero-order valence-corrected chi connectivity index (χ0v) is 15.6. The summed E-state index contributed by atoms with van der Waals surface area (Å²) in [5, 5.41) is 2.88. The molecule has 0 unspecified atom stereocenters. The van der Waals surface area contributed by atoms with Gasteiger partial charge in [-0.1, -0.05) is 25.5 Å². The van der Waals surface area contributed by atoms with E-state index in [1.165, 1.54) is 4.90 Å². The van der Waals surface area contributed by atoms with E-state index in [-0.39, 0.29) is 11.8 Å². The third-order valence-electron chi connectivity index (χ3n) is 3.94. The van der Waals surface area contributed by atoms with Gasteiger partial charge >= 0.3 is 0 Å². The van der Waals surface area contributed by atoms with Crippen LogP contribution < -0.4 is 10.1 Å². The molecule has 0 atom stereocenters. The molecule has 2 aromatic rings. The van der Waals surface area contributed by atoms with Gasteiger partial charge in [-0.25, -0.2) is 0 Å². The zero-order valence-electron chi connectivity index (χ0n) is 15.6. The van der Waals surface area contributed by atoms with Crippen molar-refractivity contribution in [3.63, 3.8) is 0 Å². The van der Waals surface area contributed by atoms with Crippen LogP contribution in [0, 0.1) is 0 Å². The number of rotatable bonds is 8. The molecule has 0 aliphatic heterocycles. The summed E-state index contributed by atoms with van der Waals surface area (Å²) in [6, 6.07) is 14.4. The second-order valence-corrected chi connectivity index (χ2v) is 6.31. The number of unbranched alkanes of at least 4 members (excludes halogenated alkanes) is 1. The van der Waals surface area contributed by atoms with Crippen LogP contribution in [0.15, 0.2) is 48.5 Å². The van der Waals surface area contributed by atoms with E-state index >= 15 is 0 Å². The summed E-state index contributed by atoms with van der Waals surface area (Å²) in [5.41, 5.74) is 2.16. The Bertz CT molecular complexity index is 722. The van der Waals surface area contributed by atoms with Crippen molar-refractivity contribution in [3.8, 4) is 5.75 Å². The van der Waals surface area contributed by atoms with E-state index in [4.69, 9.17) is 4.74 Å². The Hall–Kier alpha value is -2.82. The minimum absolute atomic E-state index is 0.0400. The van der Waals surface area contributed by atoms with E-state index in [1.807, 2.05) is 24.3 Å². The molecule has 0 aromatic heterocycles. The van der Waals surface area contributed by atoms with E-state index in [9.17, 15) is 9.59 Å². The predicted octanol–water partition coefficient (Wildman–Crippen LogP) is 3.50. The molecule has 0 saturated heterocycles. The number of hydrogen-bond donors (Lipinski definition) is 1. The van der Waals surface area contributed by atoms with Crippen LogP contribution in [0.2, 0.25) is 0 Å². The number of carbonyl (C=O) groups is 2. The fourth-order valence-corrected chi connectivity index (χ4v) is 2.34. The molecule has 2 rings (SSSR count). The van der Waals surface area contributed by atoms with E-state index in [2.05, 4.69) is 12.2 Å². The molecule has 0 fully saturated rings. The molecule has 1 N–H and O–H groups in total. The summed E-state index contributed by atoms with van der Waals surface area (Å²) in [4.78, 5) is 25.6. The number of benzene rings is 2. The molecule has 0 spiro atoms. The number of amides is 2. The Morgan fingerprint density at radius 1 is 0.962 bits per heavy atom. The van der Waals surface area contributed by atoms with Crippen LogP contribution in [0.3, 0.4) is 0 Å². The van der Waals surface area contributed by atoms with Gasteiger partial charge in [0.25, 0.3) is 11.8 Å². The lowest BCUT2D eigenvalue weighted by atomic mass is 10.1. The summed E-state index contributed by atoms with van der Waals surface area (Å²) in [6.45, 7) is 3.21. The molecule has 2 amide bonds. The first-order valence-electron chi connectivity index (χ1n) is 8.83. The van der Waals surface area contributed by atoms with Gasteiger partial charge < -0.3 is 15.0 Å². The van der Waals surface area contributed by atoms with Crippen molar-refractivity contribution in [2.45, 2.75) is 26.3 Å². The highest BCUT2D eigenvalue weighted by atomic mass is 16.5. The van der Waals surface area contributed by atoms with Crippen molar-refractivity contribution in [2.75, 3.05) is 20.7 Å². The SMILES string of the molecule is CCCCOc1ccc(C(=O)NCc2ccc(C(=O)N(C)C)cc2)cc1. The third kappa shape index (κ3) is 5.62. The fraction of sp³-hybridized carbons (Fsp3) is 0.333. The monoisotopic (exact) mass is 354 g/mol. The van der Waals surface area contributed by atoms with Crippen LogP contribution in [-0.2, 0) is 6.54 Å².